The SMILES string of the molecule is CCS(=O)(=O)c1ccc(N2CCC3(CC2)OCCO3)cc1. The molecule has 0 atom stereocenters. The van der Waals surface area contributed by atoms with Crippen LogP contribution in [-0.4, -0.2) is 46.3 Å². The van der Waals surface area contributed by atoms with Gasteiger partial charge in [-0.3, -0.25) is 0 Å². The van der Waals surface area contributed by atoms with Gasteiger partial charge >= 0.3 is 0 Å². The highest BCUT2D eigenvalue weighted by molar-refractivity contribution is 7.91. The van der Waals surface area contributed by atoms with Gasteiger partial charge < -0.3 is 14.4 Å². The molecule has 2 fully saturated rings. The van der Waals surface area contributed by atoms with Crippen LogP contribution in [0.2, 0.25) is 0 Å². The molecule has 1 aromatic rings. The Labute approximate surface area is 125 Å². The predicted octanol–water partition coefficient (Wildman–Crippen LogP) is 1.82. The van der Waals surface area contributed by atoms with Crippen molar-refractivity contribution in [1.82, 2.24) is 0 Å². The van der Waals surface area contributed by atoms with Crippen molar-refractivity contribution in [3.8, 4) is 0 Å². The third kappa shape index (κ3) is 2.93. The number of nitrogens with zero attached hydrogens (tertiary/aromatic N) is 1. The maximum Gasteiger partial charge on any atom is 0.178 e. The van der Waals surface area contributed by atoms with Gasteiger partial charge in [0.15, 0.2) is 15.6 Å². The molecule has 0 unspecified atom stereocenters. The van der Waals surface area contributed by atoms with Crippen LogP contribution >= 0.6 is 0 Å². The first kappa shape index (κ1) is 14.8. The second-order valence-electron chi connectivity index (χ2n) is 5.49. The maximum atomic E-state index is 11.8. The third-order valence-electron chi connectivity index (χ3n) is 4.28. The fourth-order valence-corrected chi connectivity index (χ4v) is 3.81. The number of hydrogen-bond acceptors (Lipinski definition) is 5. The quantitative estimate of drug-likeness (QED) is 0.852. The summed E-state index contributed by atoms with van der Waals surface area (Å²) in [6.45, 7) is 4.75. The average Bonchev–Trinajstić information content (AvgIpc) is 2.96. The zero-order valence-corrected chi connectivity index (χ0v) is 13.1. The number of piperidine rings is 1. The number of sulfone groups is 1. The van der Waals surface area contributed by atoms with Gasteiger partial charge in [0, 0.05) is 31.6 Å². The van der Waals surface area contributed by atoms with Gasteiger partial charge in [-0.2, -0.15) is 0 Å². The Morgan fingerprint density at radius 2 is 1.67 bits per heavy atom. The number of anilines is 1. The Bertz CT molecular complexity index is 581. The molecule has 5 nitrogen and oxygen atoms in total. The van der Waals surface area contributed by atoms with Gasteiger partial charge in [-0.15, -0.1) is 0 Å². The van der Waals surface area contributed by atoms with Crippen molar-refractivity contribution in [2.24, 2.45) is 0 Å². The van der Waals surface area contributed by atoms with Crippen LogP contribution < -0.4 is 4.90 Å². The lowest BCUT2D eigenvalue weighted by Crippen LogP contribution is -2.45. The number of hydrogen-bond donors (Lipinski definition) is 0. The molecule has 1 spiro atoms. The molecule has 0 radical (unpaired) electrons. The summed E-state index contributed by atoms with van der Waals surface area (Å²) in [5, 5.41) is 0. The zero-order chi connectivity index (χ0) is 14.9. The van der Waals surface area contributed by atoms with E-state index in [1.54, 1.807) is 19.1 Å². The van der Waals surface area contributed by atoms with Crippen LogP contribution in [0.5, 0.6) is 0 Å². The molecule has 2 saturated heterocycles. The van der Waals surface area contributed by atoms with Crippen molar-refractivity contribution in [2.45, 2.75) is 30.4 Å². The second-order valence-corrected chi connectivity index (χ2v) is 7.77. The molecular formula is C15H21NO4S. The van der Waals surface area contributed by atoms with Crippen molar-refractivity contribution in [3.63, 3.8) is 0 Å². The summed E-state index contributed by atoms with van der Waals surface area (Å²) in [6, 6.07) is 7.16. The normalized spacial score (nSPS) is 21.9. The zero-order valence-electron chi connectivity index (χ0n) is 12.2. The monoisotopic (exact) mass is 311 g/mol. The molecule has 0 amide bonds. The molecule has 1 aromatic carbocycles. The van der Waals surface area contributed by atoms with E-state index in [0.717, 1.165) is 31.6 Å². The summed E-state index contributed by atoms with van der Waals surface area (Å²) in [5.41, 5.74) is 1.05. The number of ether oxygens (including phenoxy) is 2. The minimum Gasteiger partial charge on any atom is -0.371 e. The van der Waals surface area contributed by atoms with Gasteiger partial charge in [-0.05, 0) is 24.3 Å². The molecule has 6 heteroatoms. The van der Waals surface area contributed by atoms with Crippen LogP contribution in [0.15, 0.2) is 29.2 Å². The number of benzene rings is 1. The first-order chi connectivity index (χ1) is 10.0. The average molecular weight is 311 g/mol. The van der Waals surface area contributed by atoms with Gasteiger partial charge in [0.05, 0.1) is 23.9 Å². The van der Waals surface area contributed by atoms with E-state index in [1.165, 1.54) is 0 Å². The minimum absolute atomic E-state index is 0.132. The molecule has 0 bridgehead atoms. The van der Waals surface area contributed by atoms with E-state index in [0.29, 0.717) is 18.1 Å². The fraction of sp³-hybridized carbons (Fsp3) is 0.600. The van der Waals surface area contributed by atoms with Gasteiger partial charge in [-0.25, -0.2) is 8.42 Å². The van der Waals surface area contributed by atoms with E-state index >= 15 is 0 Å². The first-order valence-corrected chi connectivity index (χ1v) is 9.06. The minimum atomic E-state index is -3.12. The third-order valence-corrected chi connectivity index (χ3v) is 6.03. The van der Waals surface area contributed by atoms with Crippen molar-refractivity contribution >= 4 is 15.5 Å². The topological polar surface area (TPSA) is 55.8 Å². The highest BCUT2D eigenvalue weighted by atomic mass is 32.2. The lowest BCUT2D eigenvalue weighted by atomic mass is 10.0. The van der Waals surface area contributed by atoms with Gasteiger partial charge in [0.2, 0.25) is 0 Å². The Morgan fingerprint density at radius 3 is 2.19 bits per heavy atom. The van der Waals surface area contributed by atoms with E-state index in [9.17, 15) is 8.42 Å². The van der Waals surface area contributed by atoms with Gasteiger partial charge in [0.1, 0.15) is 0 Å². The summed E-state index contributed by atoms with van der Waals surface area (Å²) in [4.78, 5) is 2.64. The molecule has 0 aliphatic carbocycles. The van der Waals surface area contributed by atoms with Crippen LogP contribution in [0.25, 0.3) is 0 Å². The van der Waals surface area contributed by atoms with E-state index in [4.69, 9.17) is 9.47 Å². The molecule has 21 heavy (non-hydrogen) atoms. The standard InChI is InChI=1S/C15H21NO4S/c1-2-21(17,18)14-5-3-13(4-6-14)16-9-7-15(8-10-16)19-11-12-20-15/h3-6H,2,7-12H2,1H3. The number of rotatable bonds is 3. The van der Waals surface area contributed by atoms with Gasteiger partial charge in [0.25, 0.3) is 0 Å². The van der Waals surface area contributed by atoms with Crippen LogP contribution in [0.3, 0.4) is 0 Å². The van der Waals surface area contributed by atoms with Gasteiger partial charge in [-0.1, -0.05) is 6.92 Å². The summed E-state index contributed by atoms with van der Waals surface area (Å²) >= 11 is 0. The molecule has 0 saturated carbocycles. The Hall–Kier alpha value is -1.11. The van der Waals surface area contributed by atoms with Crippen LogP contribution in [0.1, 0.15) is 19.8 Å². The van der Waals surface area contributed by atoms with E-state index in [1.807, 2.05) is 12.1 Å². The molecule has 2 heterocycles. The molecule has 0 aromatic heterocycles. The highest BCUT2D eigenvalue weighted by Crippen LogP contribution is 2.33. The maximum absolute atomic E-state index is 11.8. The lowest BCUT2D eigenvalue weighted by molar-refractivity contribution is -0.169. The Morgan fingerprint density at radius 1 is 1.10 bits per heavy atom. The Balaban J connectivity index is 1.68. The molecule has 3 rings (SSSR count). The summed E-state index contributed by atoms with van der Waals surface area (Å²) in [6.07, 6.45) is 1.70. The van der Waals surface area contributed by atoms with E-state index < -0.39 is 9.84 Å². The van der Waals surface area contributed by atoms with Crippen LogP contribution in [0, 0.1) is 0 Å². The highest BCUT2D eigenvalue weighted by Gasteiger charge is 2.39. The Kier molecular flexibility index (Phi) is 3.94. The molecular weight excluding hydrogens is 290 g/mol. The summed E-state index contributed by atoms with van der Waals surface area (Å²) < 4.78 is 35.1. The van der Waals surface area contributed by atoms with Crippen molar-refractivity contribution in [1.29, 1.82) is 0 Å². The van der Waals surface area contributed by atoms with Crippen molar-refractivity contribution < 1.29 is 17.9 Å². The van der Waals surface area contributed by atoms with Crippen molar-refractivity contribution in [3.05, 3.63) is 24.3 Å². The molecule has 0 N–H and O–H groups in total. The van der Waals surface area contributed by atoms with Crippen LogP contribution in [-0.2, 0) is 19.3 Å². The van der Waals surface area contributed by atoms with Crippen molar-refractivity contribution in [2.75, 3.05) is 37.0 Å². The second kappa shape index (κ2) is 5.59. The van der Waals surface area contributed by atoms with E-state index in [-0.39, 0.29) is 11.5 Å². The summed E-state index contributed by atoms with van der Waals surface area (Å²) in [7, 11) is -3.12. The van der Waals surface area contributed by atoms with E-state index in [2.05, 4.69) is 4.90 Å². The van der Waals surface area contributed by atoms with Crippen LogP contribution in [0.4, 0.5) is 5.69 Å². The molecule has 116 valence electrons. The predicted molar refractivity (Wildman–Crippen MR) is 80.3 cm³/mol. The first-order valence-electron chi connectivity index (χ1n) is 7.40. The smallest absolute Gasteiger partial charge is 0.178 e. The largest absolute Gasteiger partial charge is 0.371 e. The fourth-order valence-electron chi connectivity index (χ4n) is 2.92. The summed E-state index contributed by atoms with van der Waals surface area (Å²) in [5.74, 6) is -0.241. The molecule has 2 aliphatic heterocycles. The lowest BCUT2D eigenvalue weighted by Gasteiger charge is -2.38. The molecule has 2 aliphatic rings.